The number of nitrogens with one attached hydrogen (secondary N) is 1. The highest BCUT2D eigenvalue weighted by Crippen LogP contribution is 2.25. The van der Waals surface area contributed by atoms with Crippen molar-refractivity contribution in [1.82, 2.24) is 10.2 Å². The van der Waals surface area contributed by atoms with Gasteiger partial charge in [0.05, 0.1) is 12.5 Å². The van der Waals surface area contributed by atoms with E-state index in [4.69, 9.17) is 5.11 Å². The summed E-state index contributed by atoms with van der Waals surface area (Å²) >= 11 is 0. The molecular weight excluding hydrogens is 232 g/mol. The number of carboxylic acid groups (broad SMARTS) is 1. The summed E-state index contributed by atoms with van der Waals surface area (Å²) in [4.78, 5) is 12.8. The van der Waals surface area contributed by atoms with Gasteiger partial charge in [-0.05, 0) is 32.1 Å². The molecule has 0 aromatic carbocycles. The van der Waals surface area contributed by atoms with Crippen LogP contribution in [0.3, 0.4) is 0 Å². The van der Waals surface area contributed by atoms with Crippen molar-refractivity contribution in [2.75, 3.05) is 19.6 Å². The predicted molar refractivity (Wildman–Crippen MR) is 68.4 cm³/mol. The average Bonchev–Trinajstić information content (AvgIpc) is 3.10. The van der Waals surface area contributed by atoms with Crippen LogP contribution in [0.4, 0.5) is 0 Å². The van der Waals surface area contributed by atoms with Gasteiger partial charge >= 0.3 is 5.97 Å². The molecule has 5 heteroatoms. The lowest BCUT2D eigenvalue weighted by Crippen LogP contribution is -2.52. The molecule has 0 aromatic rings. The molecular formula is C13H24N2O3. The molecule has 0 aromatic heterocycles. The molecule has 2 fully saturated rings. The fourth-order valence-electron chi connectivity index (χ4n) is 2.72. The Hall–Kier alpha value is -0.650. The van der Waals surface area contributed by atoms with Crippen LogP contribution in [0.1, 0.15) is 32.6 Å². The third kappa shape index (κ3) is 4.23. The monoisotopic (exact) mass is 256 g/mol. The first-order chi connectivity index (χ1) is 8.54. The first-order valence-electron chi connectivity index (χ1n) is 6.93. The number of carboxylic acids is 1. The van der Waals surface area contributed by atoms with Crippen LogP contribution in [0.25, 0.3) is 0 Å². The van der Waals surface area contributed by atoms with E-state index in [1.165, 1.54) is 12.8 Å². The van der Waals surface area contributed by atoms with Crippen molar-refractivity contribution >= 4 is 5.97 Å². The van der Waals surface area contributed by atoms with Gasteiger partial charge in [0.15, 0.2) is 0 Å². The number of hydrogen-bond acceptors (Lipinski definition) is 4. The standard InChI is InChI=1S/C13H24N2O3/c1-9(16)10-6-12(14-11-2-3-11)8-15(7-10)5-4-13(17)18/h9-12,14,16H,2-8H2,1H3,(H,17,18). The molecule has 3 atom stereocenters. The van der Waals surface area contributed by atoms with E-state index in [1.54, 1.807) is 0 Å². The maximum atomic E-state index is 10.6. The molecule has 1 saturated heterocycles. The highest BCUT2D eigenvalue weighted by atomic mass is 16.4. The van der Waals surface area contributed by atoms with E-state index < -0.39 is 5.97 Å². The van der Waals surface area contributed by atoms with Crippen molar-refractivity contribution in [2.45, 2.75) is 50.8 Å². The molecule has 0 spiro atoms. The van der Waals surface area contributed by atoms with Crippen LogP contribution in [0.5, 0.6) is 0 Å². The van der Waals surface area contributed by atoms with Crippen LogP contribution in [-0.4, -0.2) is 58.9 Å². The minimum absolute atomic E-state index is 0.183. The Morgan fingerprint density at radius 1 is 1.39 bits per heavy atom. The van der Waals surface area contributed by atoms with Gasteiger partial charge in [-0.15, -0.1) is 0 Å². The van der Waals surface area contributed by atoms with E-state index in [9.17, 15) is 9.90 Å². The largest absolute Gasteiger partial charge is 0.481 e. The van der Waals surface area contributed by atoms with Gasteiger partial charge in [0.25, 0.3) is 0 Å². The Morgan fingerprint density at radius 2 is 2.11 bits per heavy atom. The number of hydrogen-bond donors (Lipinski definition) is 3. The van der Waals surface area contributed by atoms with Gasteiger partial charge in [-0.3, -0.25) is 4.79 Å². The van der Waals surface area contributed by atoms with Gasteiger partial charge in [-0.2, -0.15) is 0 Å². The van der Waals surface area contributed by atoms with Crippen molar-refractivity contribution < 1.29 is 15.0 Å². The normalized spacial score (nSPS) is 31.2. The van der Waals surface area contributed by atoms with Crippen LogP contribution in [0.2, 0.25) is 0 Å². The van der Waals surface area contributed by atoms with E-state index >= 15 is 0 Å². The number of carbonyl (C=O) groups is 1. The van der Waals surface area contributed by atoms with E-state index in [0.29, 0.717) is 18.6 Å². The molecule has 1 heterocycles. The van der Waals surface area contributed by atoms with Gasteiger partial charge in [0, 0.05) is 31.7 Å². The van der Waals surface area contributed by atoms with E-state index in [0.717, 1.165) is 19.5 Å². The van der Waals surface area contributed by atoms with E-state index in [2.05, 4.69) is 10.2 Å². The summed E-state index contributed by atoms with van der Waals surface area (Å²) in [7, 11) is 0. The first-order valence-corrected chi connectivity index (χ1v) is 6.93. The lowest BCUT2D eigenvalue weighted by molar-refractivity contribution is -0.137. The van der Waals surface area contributed by atoms with Crippen LogP contribution in [-0.2, 0) is 4.79 Å². The number of likely N-dealkylation sites (tertiary alicyclic amines) is 1. The third-order valence-electron chi connectivity index (χ3n) is 3.93. The molecule has 3 N–H and O–H groups in total. The lowest BCUT2D eigenvalue weighted by Gasteiger charge is -2.39. The number of aliphatic hydroxyl groups is 1. The van der Waals surface area contributed by atoms with Crippen molar-refractivity contribution in [3.05, 3.63) is 0 Å². The second-order valence-electron chi connectivity index (χ2n) is 5.78. The van der Waals surface area contributed by atoms with Crippen LogP contribution >= 0.6 is 0 Å². The molecule has 0 amide bonds. The van der Waals surface area contributed by atoms with Crippen molar-refractivity contribution in [2.24, 2.45) is 5.92 Å². The Balaban J connectivity index is 1.85. The van der Waals surface area contributed by atoms with Crippen LogP contribution in [0, 0.1) is 5.92 Å². The molecule has 2 rings (SSSR count). The molecule has 1 aliphatic heterocycles. The fraction of sp³-hybridized carbons (Fsp3) is 0.923. The predicted octanol–water partition coefficient (Wildman–Crippen LogP) is 0.284. The maximum absolute atomic E-state index is 10.6. The number of piperidine rings is 1. The zero-order chi connectivity index (χ0) is 13.1. The van der Waals surface area contributed by atoms with Crippen molar-refractivity contribution in [1.29, 1.82) is 0 Å². The number of nitrogens with zero attached hydrogens (tertiary/aromatic N) is 1. The molecule has 0 radical (unpaired) electrons. The highest BCUT2D eigenvalue weighted by Gasteiger charge is 2.33. The summed E-state index contributed by atoms with van der Waals surface area (Å²) in [6, 6.07) is 1.06. The number of aliphatic hydroxyl groups excluding tert-OH is 1. The molecule has 104 valence electrons. The Labute approximate surface area is 108 Å². The second kappa shape index (κ2) is 5.99. The molecule has 0 bridgehead atoms. The van der Waals surface area contributed by atoms with Gasteiger partial charge < -0.3 is 20.4 Å². The van der Waals surface area contributed by atoms with Crippen molar-refractivity contribution in [3.8, 4) is 0 Å². The van der Waals surface area contributed by atoms with Gasteiger partial charge in [-0.1, -0.05) is 0 Å². The van der Waals surface area contributed by atoms with E-state index in [1.807, 2.05) is 6.92 Å². The molecule has 5 nitrogen and oxygen atoms in total. The summed E-state index contributed by atoms with van der Waals surface area (Å²) < 4.78 is 0. The van der Waals surface area contributed by atoms with Gasteiger partial charge in [-0.25, -0.2) is 0 Å². The topological polar surface area (TPSA) is 72.8 Å². The fourth-order valence-corrected chi connectivity index (χ4v) is 2.72. The van der Waals surface area contributed by atoms with Crippen LogP contribution < -0.4 is 5.32 Å². The summed E-state index contributed by atoms with van der Waals surface area (Å²) in [5.74, 6) is -0.496. The summed E-state index contributed by atoms with van der Waals surface area (Å²) in [5.41, 5.74) is 0. The van der Waals surface area contributed by atoms with Gasteiger partial charge in [0.1, 0.15) is 0 Å². The van der Waals surface area contributed by atoms with E-state index in [-0.39, 0.29) is 18.4 Å². The first kappa shape index (κ1) is 13.8. The summed E-state index contributed by atoms with van der Waals surface area (Å²) in [6.07, 6.45) is 3.37. The lowest BCUT2D eigenvalue weighted by atomic mass is 9.90. The zero-order valence-electron chi connectivity index (χ0n) is 11.0. The second-order valence-corrected chi connectivity index (χ2v) is 5.78. The average molecular weight is 256 g/mol. The Morgan fingerprint density at radius 3 is 2.67 bits per heavy atom. The zero-order valence-corrected chi connectivity index (χ0v) is 11.0. The minimum Gasteiger partial charge on any atom is -0.481 e. The van der Waals surface area contributed by atoms with Gasteiger partial charge in [0.2, 0.25) is 0 Å². The van der Waals surface area contributed by atoms with Crippen LogP contribution in [0.15, 0.2) is 0 Å². The maximum Gasteiger partial charge on any atom is 0.304 e. The number of rotatable bonds is 6. The quantitative estimate of drug-likeness (QED) is 0.637. The molecule has 2 aliphatic rings. The smallest absolute Gasteiger partial charge is 0.304 e. The highest BCUT2D eigenvalue weighted by molar-refractivity contribution is 5.66. The molecule has 3 unspecified atom stereocenters. The molecule has 1 saturated carbocycles. The third-order valence-corrected chi connectivity index (χ3v) is 3.93. The molecule has 18 heavy (non-hydrogen) atoms. The summed E-state index contributed by atoms with van der Waals surface area (Å²) in [6.45, 7) is 4.14. The molecule has 1 aliphatic carbocycles. The summed E-state index contributed by atoms with van der Waals surface area (Å²) in [5, 5.41) is 22.1. The Bertz CT molecular complexity index is 292. The SMILES string of the molecule is CC(O)C1CC(NC2CC2)CN(CCC(=O)O)C1. The number of aliphatic carboxylic acids is 1. The minimum atomic E-state index is -0.749. The van der Waals surface area contributed by atoms with Crippen molar-refractivity contribution in [3.63, 3.8) is 0 Å². The Kier molecular flexibility index (Phi) is 4.59.